The zero-order chi connectivity index (χ0) is 18.1. The second kappa shape index (κ2) is 6.79. The van der Waals surface area contributed by atoms with Crippen molar-refractivity contribution in [1.29, 1.82) is 0 Å². The third-order valence-corrected chi connectivity index (χ3v) is 4.65. The van der Waals surface area contributed by atoms with Crippen LogP contribution in [0.1, 0.15) is 26.3 Å². The summed E-state index contributed by atoms with van der Waals surface area (Å²) in [6, 6.07) is 21.6. The van der Waals surface area contributed by atoms with Gasteiger partial charge >= 0.3 is 0 Å². The molecule has 0 radical (unpaired) electrons. The standard InChI is InChI=1S/C22H24N4/c1-15(2)23-22-24-19(17-9-5-4-6-10-17)14-21(25-22)26-16(3)13-18-11-7-8-12-20(18)26/h4-12,14-16H,13H2,1-3H3,(H,23,24,25). The minimum Gasteiger partial charge on any atom is -0.352 e. The molecule has 2 aromatic carbocycles. The fourth-order valence-corrected chi connectivity index (χ4v) is 3.55. The van der Waals surface area contributed by atoms with E-state index in [1.165, 1.54) is 11.3 Å². The SMILES string of the molecule is CC(C)Nc1nc(-c2ccccc2)cc(N2c3ccccc3CC2C)n1. The molecular formula is C22H24N4. The monoisotopic (exact) mass is 344 g/mol. The van der Waals surface area contributed by atoms with E-state index < -0.39 is 0 Å². The Labute approximate surface area is 154 Å². The first-order valence-corrected chi connectivity index (χ1v) is 9.20. The van der Waals surface area contributed by atoms with Gasteiger partial charge in [0.05, 0.1) is 5.69 Å². The molecule has 0 amide bonds. The number of nitrogens with one attached hydrogen (secondary N) is 1. The summed E-state index contributed by atoms with van der Waals surface area (Å²) in [5.74, 6) is 1.62. The largest absolute Gasteiger partial charge is 0.352 e. The molecule has 0 saturated carbocycles. The minimum absolute atomic E-state index is 0.275. The normalized spacial score (nSPS) is 16.0. The van der Waals surface area contributed by atoms with Crippen LogP contribution in [0, 0.1) is 0 Å². The van der Waals surface area contributed by atoms with E-state index in [9.17, 15) is 0 Å². The van der Waals surface area contributed by atoms with Crippen LogP contribution >= 0.6 is 0 Å². The molecule has 132 valence electrons. The lowest BCUT2D eigenvalue weighted by atomic mass is 10.1. The van der Waals surface area contributed by atoms with Gasteiger partial charge in [0.15, 0.2) is 0 Å². The van der Waals surface area contributed by atoms with Crippen molar-refractivity contribution in [3.63, 3.8) is 0 Å². The maximum Gasteiger partial charge on any atom is 0.225 e. The Kier molecular flexibility index (Phi) is 4.33. The third kappa shape index (κ3) is 3.15. The van der Waals surface area contributed by atoms with E-state index in [0.29, 0.717) is 12.0 Å². The number of hydrogen-bond donors (Lipinski definition) is 1. The van der Waals surface area contributed by atoms with E-state index in [-0.39, 0.29) is 6.04 Å². The Morgan fingerprint density at radius 3 is 2.50 bits per heavy atom. The first kappa shape index (κ1) is 16.6. The summed E-state index contributed by atoms with van der Waals surface area (Å²) in [5, 5.41) is 3.37. The maximum atomic E-state index is 4.83. The first-order chi connectivity index (χ1) is 12.6. The fourth-order valence-electron chi connectivity index (χ4n) is 3.55. The molecule has 0 fully saturated rings. The molecule has 26 heavy (non-hydrogen) atoms. The summed E-state index contributed by atoms with van der Waals surface area (Å²) in [7, 11) is 0. The molecule has 4 nitrogen and oxygen atoms in total. The van der Waals surface area contributed by atoms with Gasteiger partial charge in [-0.05, 0) is 38.8 Å². The highest BCUT2D eigenvalue weighted by atomic mass is 15.3. The van der Waals surface area contributed by atoms with Gasteiger partial charge in [-0.3, -0.25) is 0 Å². The molecule has 0 spiro atoms. The fraction of sp³-hybridized carbons (Fsp3) is 0.273. The van der Waals surface area contributed by atoms with Crippen LogP contribution in [0.4, 0.5) is 17.5 Å². The van der Waals surface area contributed by atoms with Crippen LogP contribution in [0.5, 0.6) is 0 Å². The molecule has 4 rings (SSSR count). The average Bonchev–Trinajstić information content (AvgIpc) is 2.97. The number of rotatable bonds is 4. The van der Waals surface area contributed by atoms with E-state index >= 15 is 0 Å². The van der Waals surface area contributed by atoms with Crippen molar-refractivity contribution >= 4 is 17.5 Å². The van der Waals surface area contributed by atoms with Gasteiger partial charge in [-0.1, -0.05) is 48.5 Å². The van der Waals surface area contributed by atoms with Gasteiger partial charge in [0.2, 0.25) is 5.95 Å². The van der Waals surface area contributed by atoms with Gasteiger partial charge < -0.3 is 10.2 Å². The van der Waals surface area contributed by atoms with Crippen molar-refractivity contribution < 1.29 is 0 Å². The molecule has 1 aliphatic rings. The van der Waals surface area contributed by atoms with Crippen LogP contribution in [0.2, 0.25) is 0 Å². The van der Waals surface area contributed by atoms with Gasteiger partial charge in [-0.2, -0.15) is 4.98 Å². The molecule has 1 atom stereocenters. The molecule has 1 N–H and O–H groups in total. The molecule has 1 unspecified atom stereocenters. The molecule has 1 aliphatic heterocycles. The Morgan fingerprint density at radius 2 is 1.73 bits per heavy atom. The highest BCUT2D eigenvalue weighted by Gasteiger charge is 2.28. The number of hydrogen-bond acceptors (Lipinski definition) is 4. The summed E-state index contributed by atoms with van der Waals surface area (Å²) in [4.78, 5) is 11.9. The molecule has 4 heteroatoms. The minimum atomic E-state index is 0.275. The van der Waals surface area contributed by atoms with Gasteiger partial charge in [-0.15, -0.1) is 0 Å². The predicted octanol–water partition coefficient (Wildman–Crippen LogP) is 5.05. The Balaban J connectivity index is 1.83. The summed E-state index contributed by atoms with van der Waals surface area (Å²) >= 11 is 0. The lowest BCUT2D eigenvalue weighted by molar-refractivity contribution is 0.748. The number of anilines is 3. The van der Waals surface area contributed by atoms with Crippen LogP contribution < -0.4 is 10.2 Å². The van der Waals surface area contributed by atoms with Crippen molar-refractivity contribution in [3.05, 3.63) is 66.2 Å². The molecule has 0 saturated heterocycles. The topological polar surface area (TPSA) is 41.1 Å². The van der Waals surface area contributed by atoms with Crippen LogP contribution in [0.3, 0.4) is 0 Å². The molecule has 0 bridgehead atoms. The maximum absolute atomic E-state index is 4.83. The summed E-state index contributed by atoms with van der Waals surface area (Å²) in [5.41, 5.74) is 4.66. The zero-order valence-corrected chi connectivity index (χ0v) is 15.5. The molecule has 0 aliphatic carbocycles. The number of benzene rings is 2. The van der Waals surface area contributed by atoms with E-state index in [1.807, 2.05) is 18.2 Å². The van der Waals surface area contributed by atoms with E-state index in [0.717, 1.165) is 23.5 Å². The number of para-hydroxylation sites is 1. The van der Waals surface area contributed by atoms with Crippen molar-refractivity contribution in [2.75, 3.05) is 10.2 Å². The average molecular weight is 344 g/mol. The van der Waals surface area contributed by atoms with Crippen molar-refractivity contribution in [3.8, 4) is 11.3 Å². The quantitative estimate of drug-likeness (QED) is 0.719. The lowest BCUT2D eigenvalue weighted by Crippen LogP contribution is -2.25. The molecule has 1 aromatic heterocycles. The van der Waals surface area contributed by atoms with E-state index in [1.54, 1.807) is 0 Å². The summed E-state index contributed by atoms with van der Waals surface area (Å²) < 4.78 is 0. The molecular weight excluding hydrogens is 320 g/mol. The second-order valence-corrected chi connectivity index (χ2v) is 7.15. The number of nitrogens with zero attached hydrogens (tertiary/aromatic N) is 3. The highest BCUT2D eigenvalue weighted by molar-refractivity contribution is 5.73. The van der Waals surface area contributed by atoms with Gasteiger partial charge in [0.1, 0.15) is 5.82 Å². The van der Waals surface area contributed by atoms with Gasteiger partial charge in [0, 0.05) is 29.4 Å². The Bertz CT molecular complexity index is 905. The summed E-state index contributed by atoms with van der Waals surface area (Å²) in [6.07, 6.45) is 1.04. The Hall–Kier alpha value is -2.88. The van der Waals surface area contributed by atoms with Crippen LogP contribution in [-0.2, 0) is 6.42 Å². The van der Waals surface area contributed by atoms with Crippen molar-refractivity contribution in [1.82, 2.24) is 9.97 Å². The second-order valence-electron chi connectivity index (χ2n) is 7.15. The Morgan fingerprint density at radius 1 is 1.00 bits per heavy atom. The van der Waals surface area contributed by atoms with Gasteiger partial charge in [0.25, 0.3) is 0 Å². The van der Waals surface area contributed by atoms with Gasteiger partial charge in [-0.25, -0.2) is 4.98 Å². The predicted molar refractivity (Wildman–Crippen MR) is 108 cm³/mol. The van der Waals surface area contributed by atoms with E-state index in [2.05, 4.69) is 73.5 Å². The number of aromatic nitrogens is 2. The van der Waals surface area contributed by atoms with Crippen LogP contribution in [0.25, 0.3) is 11.3 Å². The lowest BCUT2D eigenvalue weighted by Gasteiger charge is -2.25. The zero-order valence-electron chi connectivity index (χ0n) is 15.5. The molecule has 3 aromatic rings. The van der Waals surface area contributed by atoms with Crippen molar-refractivity contribution in [2.24, 2.45) is 0 Å². The summed E-state index contributed by atoms with van der Waals surface area (Å²) in [6.45, 7) is 6.46. The highest BCUT2D eigenvalue weighted by Crippen LogP contribution is 2.38. The molecule has 2 heterocycles. The van der Waals surface area contributed by atoms with Crippen LogP contribution in [-0.4, -0.2) is 22.1 Å². The van der Waals surface area contributed by atoms with Crippen molar-refractivity contribution in [2.45, 2.75) is 39.3 Å². The third-order valence-electron chi connectivity index (χ3n) is 4.65. The van der Waals surface area contributed by atoms with Crippen LogP contribution in [0.15, 0.2) is 60.7 Å². The smallest absolute Gasteiger partial charge is 0.225 e. The first-order valence-electron chi connectivity index (χ1n) is 9.20. The van der Waals surface area contributed by atoms with E-state index in [4.69, 9.17) is 9.97 Å². The number of fused-ring (bicyclic) bond motifs is 1.